The van der Waals surface area contributed by atoms with Crippen molar-refractivity contribution in [1.82, 2.24) is 10.6 Å². The first-order valence-corrected chi connectivity index (χ1v) is 11.4. The number of carboxylic acids is 1. The second kappa shape index (κ2) is 11.0. The zero-order valence-electron chi connectivity index (χ0n) is 19.3. The van der Waals surface area contributed by atoms with E-state index in [-0.39, 0.29) is 37.3 Å². The van der Waals surface area contributed by atoms with Gasteiger partial charge in [0.05, 0.1) is 5.92 Å². The number of amides is 2. The number of rotatable bonds is 10. The van der Waals surface area contributed by atoms with Crippen LogP contribution in [0.4, 0.5) is 4.79 Å². The third-order valence-electron chi connectivity index (χ3n) is 5.99. The summed E-state index contributed by atoms with van der Waals surface area (Å²) in [5.41, 5.74) is 4.56. The summed E-state index contributed by atoms with van der Waals surface area (Å²) in [5, 5.41) is 14.5. The van der Waals surface area contributed by atoms with Crippen LogP contribution in [0.5, 0.6) is 0 Å². The lowest BCUT2D eigenvalue weighted by Crippen LogP contribution is -2.46. The Morgan fingerprint density at radius 3 is 2.09 bits per heavy atom. The topological polar surface area (TPSA) is 105 Å². The number of hydrogen-bond acceptors (Lipinski definition) is 4. The highest BCUT2D eigenvalue weighted by atomic mass is 16.5. The van der Waals surface area contributed by atoms with E-state index >= 15 is 0 Å². The molecule has 0 aliphatic heterocycles. The van der Waals surface area contributed by atoms with E-state index in [1.54, 1.807) is 6.92 Å². The molecule has 0 saturated heterocycles. The molecular weight excluding hydrogens is 420 g/mol. The Balaban J connectivity index is 1.59. The molecule has 1 aliphatic carbocycles. The number of ether oxygens (including phenoxy) is 1. The van der Waals surface area contributed by atoms with E-state index < -0.39 is 24.0 Å². The lowest BCUT2D eigenvalue weighted by atomic mass is 9.95. The third kappa shape index (κ3) is 5.92. The fraction of sp³-hybridized carbons (Fsp3) is 0.423. The standard InChI is InChI=1S/C26H32N2O5/c1-4-23(25(30)31)28-24(29)17(13-16(2)3)14-27-26(32)33-15-22-20-11-7-5-9-18(20)19-10-6-8-12-21(19)22/h5-12,16-17,22-23H,4,13-15H2,1-3H3,(H,27,32)(H,28,29)(H,30,31). The Hall–Kier alpha value is -3.35. The van der Waals surface area contributed by atoms with Crippen LogP contribution in [-0.4, -0.2) is 42.3 Å². The van der Waals surface area contributed by atoms with E-state index in [4.69, 9.17) is 4.74 Å². The molecule has 0 saturated carbocycles. The molecule has 176 valence electrons. The maximum Gasteiger partial charge on any atom is 0.407 e. The van der Waals surface area contributed by atoms with Crippen molar-refractivity contribution < 1.29 is 24.2 Å². The van der Waals surface area contributed by atoms with Gasteiger partial charge in [0.25, 0.3) is 0 Å². The molecule has 2 aromatic carbocycles. The summed E-state index contributed by atoms with van der Waals surface area (Å²) >= 11 is 0. The first-order chi connectivity index (χ1) is 15.8. The number of hydrogen-bond donors (Lipinski definition) is 3. The van der Waals surface area contributed by atoms with Gasteiger partial charge in [0, 0.05) is 12.5 Å². The third-order valence-corrected chi connectivity index (χ3v) is 5.99. The monoisotopic (exact) mass is 452 g/mol. The molecule has 2 unspecified atom stereocenters. The second-order valence-electron chi connectivity index (χ2n) is 8.84. The molecule has 2 amide bonds. The highest BCUT2D eigenvalue weighted by Crippen LogP contribution is 2.44. The van der Waals surface area contributed by atoms with Crippen molar-refractivity contribution in [3.63, 3.8) is 0 Å². The van der Waals surface area contributed by atoms with Gasteiger partial charge in [-0.05, 0) is 41.0 Å². The first-order valence-electron chi connectivity index (χ1n) is 11.4. The van der Waals surface area contributed by atoms with Crippen LogP contribution in [0.2, 0.25) is 0 Å². The van der Waals surface area contributed by atoms with Crippen LogP contribution in [0.15, 0.2) is 48.5 Å². The van der Waals surface area contributed by atoms with Gasteiger partial charge < -0.3 is 20.5 Å². The minimum absolute atomic E-state index is 0.0428. The van der Waals surface area contributed by atoms with Gasteiger partial charge in [0.2, 0.25) is 5.91 Å². The summed E-state index contributed by atoms with van der Waals surface area (Å²) in [6, 6.07) is 15.3. The number of fused-ring (bicyclic) bond motifs is 3. The van der Waals surface area contributed by atoms with Crippen molar-refractivity contribution in [3.05, 3.63) is 59.7 Å². The Labute approximate surface area is 194 Å². The molecule has 0 radical (unpaired) electrons. The Bertz CT molecular complexity index is 958. The molecule has 7 nitrogen and oxygen atoms in total. The van der Waals surface area contributed by atoms with Crippen LogP contribution in [0.25, 0.3) is 11.1 Å². The van der Waals surface area contributed by atoms with Gasteiger partial charge in [-0.15, -0.1) is 0 Å². The fourth-order valence-corrected chi connectivity index (χ4v) is 4.34. The minimum atomic E-state index is -1.07. The molecule has 0 heterocycles. The summed E-state index contributed by atoms with van der Waals surface area (Å²) in [4.78, 5) is 36.4. The van der Waals surface area contributed by atoms with E-state index in [1.807, 2.05) is 38.1 Å². The Morgan fingerprint density at radius 2 is 1.58 bits per heavy atom. The molecule has 2 aromatic rings. The van der Waals surface area contributed by atoms with Gasteiger partial charge in [-0.1, -0.05) is 69.3 Å². The second-order valence-corrected chi connectivity index (χ2v) is 8.84. The molecule has 0 fully saturated rings. The molecule has 7 heteroatoms. The largest absolute Gasteiger partial charge is 0.480 e. The summed E-state index contributed by atoms with van der Waals surface area (Å²) in [6.07, 6.45) is 0.213. The van der Waals surface area contributed by atoms with Crippen molar-refractivity contribution in [2.45, 2.75) is 45.6 Å². The summed E-state index contributed by atoms with van der Waals surface area (Å²) in [6.45, 7) is 5.92. The number of nitrogens with one attached hydrogen (secondary N) is 2. The van der Waals surface area contributed by atoms with E-state index in [1.165, 1.54) is 0 Å². The fourth-order valence-electron chi connectivity index (χ4n) is 4.34. The predicted molar refractivity (Wildman–Crippen MR) is 126 cm³/mol. The molecule has 2 atom stereocenters. The first kappa shape index (κ1) is 24.3. The zero-order valence-corrected chi connectivity index (χ0v) is 19.3. The minimum Gasteiger partial charge on any atom is -0.480 e. The summed E-state index contributed by atoms with van der Waals surface area (Å²) in [5.74, 6) is -1.83. The number of aliphatic carboxylic acids is 1. The van der Waals surface area contributed by atoms with Gasteiger partial charge in [-0.25, -0.2) is 9.59 Å². The number of alkyl carbamates (subject to hydrolysis) is 1. The predicted octanol–water partition coefficient (Wildman–Crippen LogP) is 4.17. The van der Waals surface area contributed by atoms with Crippen LogP contribution >= 0.6 is 0 Å². The Morgan fingerprint density at radius 1 is 1.00 bits per heavy atom. The van der Waals surface area contributed by atoms with Crippen molar-refractivity contribution in [1.29, 1.82) is 0 Å². The summed E-state index contributed by atoms with van der Waals surface area (Å²) in [7, 11) is 0. The van der Waals surface area contributed by atoms with Crippen molar-refractivity contribution in [2.75, 3.05) is 13.2 Å². The highest BCUT2D eigenvalue weighted by molar-refractivity contribution is 5.85. The van der Waals surface area contributed by atoms with E-state index in [0.717, 1.165) is 22.3 Å². The number of benzene rings is 2. The quantitative estimate of drug-likeness (QED) is 0.502. The molecular formula is C26H32N2O5. The molecule has 3 rings (SSSR count). The molecule has 33 heavy (non-hydrogen) atoms. The van der Waals surface area contributed by atoms with Gasteiger partial charge in [0.15, 0.2) is 0 Å². The smallest absolute Gasteiger partial charge is 0.407 e. The van der Waals surface area contributed by atoms with Gasteiger partial charge in [-0.3, -0.25) is 4.79 Å². The lowest BCUT2D eigenvalue weighted by Gasteiger charge is -2.22. The molecule has 3 N–H and O–H groups in total. The summed E-state index contributed by atoms with van der Waals surface area (Å²) < 4.78 is 5.54. The highest BCUT2D eigenvalue weighted by Gasteiger charge is 2.29. The van der Waals surface area contributed by atoms with Crippen LogP contribution in [0.3, 0.4) is 0 Å². The van der Waals surface area contributed by atoms with Crippen molar-refractivity contribution in [3.8, 4) is 11.1 Å². The van der Waals surface area contributed by atoms with E-state index in [0.29, 0.717) is 6.42 Å². The average molecular weight is 453 g/mol. The van der Waals surface area contributed by atoms with Gasteiger partial charge in [-0.2, -0.15) is 0 Å². The van der Waals surface area contributed by atoms with Crippen LogP contribution in [-0.2, 0) is 14.3 Å². The van der Waals surface area contributed by atoms with Crippen LogP contribution in [0.1, 0.15) is 50.7 Å². The molecule has 0 spiro atoms. The number of carboxylic acid groups (broad SMARTS) is 1. The lowest BCUT2D eigenvalue weighted by molar-refractivity contribution is -0.142. The van der Waals surface area contributed by atoms with Crippen molar-refractivity contribution in [2.24, 2.45) is 11.8 Å². The van der Waals surface area contributed by atoms with E-state index in [9.17, 15) is 19.5 Å². The van der Waals surface area contributed by atoms with Gasteiger partial charge >= 0.3 is 12.1 Å². The maximum atomic E-state index is 12.6. The average Bonchev–Trinajstić information content (AvgIpc) is 3.12. The normalized spacial score (nSPS) is 14.2. The maximum absolute atomic E-state index is 12.6. The molecule has 0 bridgehead atoms. The molecule has 0 aromatic heterocycles. The SMILES string of the molecule is CCC(NC(=O)C(CNC(=O)OCC1c2ccccc2-c2ccccc21)CC(C)C)C(=O)O. The van der Waals surface area contributed by atoms with E-state index in [2.05, 4.69) is 34.9 Å². The van der Waals surface area contributed by atoms with Gasteiger partial charge in [0.1, 0.15) is 12.6 Å². The zero-order chi connectivity index (χ0) is 24.0. The number of carbonyl (C=O) groups is 3. The van der Waals surface area contributed by atoms with Crippen LogP contribution < -0.4 is 10.6 Å². The Kier molecular flexibility index (Phi) is 8.09. The van der Waals surface area contributed by atoms with Crippen molar-refractivity contribution >= 4 is 18.0 Å². The van der Waals surface area contributed by atoms with Crippen LogP contribution in [0, 0.1) is 11.8 Å². The molecule has 1 aliphatic rings. The number of carbonyl (C=O) groups excluding carboxylic acids is 2.